The molecule has 0 radical (unpaired) electrons. The molecular formula is C31H35NO7S. The van der Waals surface area contributed by atoms with Crippen molar-refractivity contribution in [2.75, 3.05) is 20.7 Å². The molecule has 2 aromatic carbocycles. The number of carbonyl (C=O) groups is 3. The summed E-state index contributed by atoms with van der Waals surface area (Å²) < 4.78 is 12.3. The summed E-state index contributed by atoms with van der Waals surface area (Å²) >= 11 is 1.62. The van der Waals surface area contributed by atoms with Gasteiger partial charge in [-0.1, -0.05) is 12.1 Å². The third kappa shape index (κ3) is 7.21. The first-order valence-electron chi connectivity index (χ1n) is 13.4. The minimum atomic E-state index is -0.884. The molecule has 9 heteroatoms. The highest BCUT2D eigenvalue weighted by Gasteiger charge is 2.34. The molecule has 4 rings (SSSR count). The minimum absolute atomic E-state index is 0.0147. The number of amides is 1. The second kappa shape index (κ2) is 13.0. The van der Waals surface area contributed by atoms with E-state index in [-0.39, 0.29) is 37.4 Å². The number of carboxylic acids is 2. The van der Waals surface area contributed by atoms with Gasteiger partial charge < -0.3 is 24.6 Å². The number of carboxylic acid groups (broad SMARTS) is 2. The first kappa shape index (κ1) is 29.1. The van der Waals surface area contributed by atoms with Crippen LogP contribution in [-0.4, -0.2) is 59.8 Å². The number of thiophene rings is 1. The largest absolute Gasteiger partial charge is 0.493 e. The summed E-state index contributed by atoms with van der Waals surface area (Å²) in [6.45, 7) is 2.30. The molecule has 212 valence electrons. The quantitative estimate of drug-likeness (QED) is 0.244. The third-order valence-electron chi connectivity index (χ3n) is 7.11. The monoisotopic (exact) mass is 565 g/mol. The van der Waals surface area contributed by atoms with Gasteiger partial charge in [-0.2, -0.15) is 11.3 Å². The van der Waals surface area contributed by atoms with E-state index in [1.807, 2.05) is 30.3 Å². The van der Waals surface area contributed by atoms with Crippen LogP contribution in [0, 0.1) is 6.92 Å². The first-order valence-corrected chi connectivity index (χ1v) is 14.3. The summed E-state index contributed by atoms with van der Waals surface area (Å²) in [7, 11) is 3.46. The molecule has 8 nitrogen and oxygen atoms in total. The van der Waals surface area contributed by atoms with Crippen molar-refractivity contribution < 1.29 is 34.1 Å². The summed E-state index contributed by atoms with van der Waals surface area (Å²) in [4.78, 5) is 36.5. The van der Waals surface area contributed by atoms with E-state index in [1.165, 1.54) is 0 Å². The Labute approximate surface area is 238 Å². The molecule has 2 N–H and O–H groups in total. The molecule has 1 fully saturated rings. The van der Waals surface area contributed by atoms with Crippen LogP contribution >= 0.6 is 11.3 Å². The maximum Gasteiger partial charge on any atom is 0.303 e. The van der Waals surface area contributed by atoms with Gasteiger partial charge in [0, 0.05) is 32.5 Å². The van der Waals surface area contributed by atoms with E-state index in [4.69, 9.17) is 14.6 Å². The van der Waals surface area contributed by atoms with Crippen LogP contribution in [0.3, 0.4) is 0 Å². The maximum absolute atomic E-state index is 12.8. The smallest absolute Gasteiger partial charge is 0.303 e. The number of benzene rings is 2. The zero-order valence-corrected chi connectivity index (χ0v) is 23.8. The SMILES string of the molecule is Cc1cscc1-c1cc(OC2CC(c3cccc(OCCCC(=O)O)c3CCC(=O)O)C2)cc(C(=O)N(C)C)c1. The summed E-state index contributed by atoms with van der Waals surface area (Å²) in [6.07, 6.45) is 2.16. The lowest BCUT2D eigenvalue weighted by Gasteiger charge is -2.37. The number of hydrogen-bond acceptors (Lipinski definition) is 6. The molecule has 1 amide bonds. The zero-order valence-electron chi connectivity index (χ0n) is 23.0. The topological polar surface area (TPSA) is 113 Å². The average Bonchev–Trinajstić information content (AvgIpc) is 3.32. The molecule has 3 aromatic rings. The fourth-order valence-electron chi connectivity index (χ4n) is 4.97. The number of ether oxygens (including phenoxy) is 2. The molecule has 1 aromatic heterocycles. The summed E-state index contributed by atoms with van der Waals surface area (Å²) in [6, 6.07) is 11.4. The summed E-state index contributed by atoms with van der Waals surface area (Å²) in [5.74, 6) is -0.406. The van der Waals surface area contributed by atoms with E-state index in [1.54, 1.807) is 36.4 Å². The standard InChI is InChI=1S/C31H35NO7S/c1-19-17-40-18-27(19)20-12-22(31(37)32(2)3)16-24(13-20)39-23-14-21(15-23)25-6-4-7-28(26(25)9-10-30(35)36)38-11-5-8-29(33)34/h4,6-7,12-13,16-18,21,23H,5,8-11,14-15H2,1-3H3,(H,33,34)(H,35,36). The second-order valence-corrected chi connectivity index (χ2v) is 11.1. The van der Waals surface area contributed by atoms with Gasteiger partial charge in [0.2, 0.25) is 0 Å². The van der Waals surface area contributed by atoms with Gasteiger partial charge in [0.05, 0.1) is 12.7 Å². The predicted octanol–water partition coefficient (Wildman–Crippen LogP) is 6.01. The van der Waals surface area contributed by atoms with E-state index in [0.29, 0.717) is 29.9 Å². The average molecular weight is 566 g/mol. The van der Waals surface area contributed by atoms with Crippen LogP contribution < -0.4 is 9.47 Å². The van der Waals surface area contributed by atoms with Crippen LogP contribution in [-0.2, 0) is 16.0 Å². The number of carbonyl (C=O) groups excluding carboxylic acids is 1. The Morgan fingerprint density at radius 1 is 1.02 bits per heavy atom. The summed E-state index contributed by atoms with van der Waals surface area (Å²) in [5.41, 5.74) is 5.65. The Morgan fingerprint density at radius 2 is 1.77 bits per heavy atom. The van der Waals surface area contributed by atoms with Crippen LogP contribution in [0.2, 0.25) is 0 Å². The lowest BCUT2D eigenvalue weighted by Crippen LogP contribution is -2.33. The Bertz CT molecular complexity index is 1370. The van der Waals surface area contributed by atoms with Gasteiger partial charge in [-0.25, -0.2) is 0 Å². The highest BCUT2D eigenvalue weighted by Crippen LogP contribution is 2.43. The van der Waals surface area contributed by atoms with Crippen molar-refractivity contribution in [1.82, 2.24) is 4.90 Å². The fourth-order valence-corrected chi connectivity index (χ4v) is 5.83. The van der Waals surface area contributed by atoms with Crippen molar-refractivity contribution in [1.29, 1.82) is 0 Å². The molecule has 0 spiro atoms. The second-order valence-electron chi connectivity index (χ2n) is 10.4. The van der Waals surface area contributed by atoms with Gasteiger partial charge in [-0.3, -0.25) is 14.4 Å². The van der Waals surface area contributed by atoms with E-state index in [9.17, 15) is 19.5 Å². The third-order valence-corrected chi connectivity index (χ3v) is 7.98. The van der Waals surface area contributed by atoms with Crippen LogP contribution in [0.4, 0.5) is 0 Å². The van der Waals surface area contributed by atoms with Crippen molar-refractivity contribution in [3.05, 3.63) is 69.4 Å². The van der Waals surface area contributed by atoms with E-state index < -0.39 is 11.9 Å². The predicted molar refractivity (Wildman–Crippen MR) is 154 cm³/mol. The normalized spacial score (nSPS) is 16.2. The van der Waals surface area contributed by atoms with Crippen molar-refractivity contribution in [3.8, 4) is 22.6 Å². The lowest BCUT2D eigenvalue weighted by atomic mass is 9.75. The van der Waals surface area contributed by atoms with Crippen molar-refractivity contribution in [2.24, 2.45) is 0 Å². The molecule has 0 saturated heterocycles. The van der Waals surface area contributed by atoms with Gasteiger partial charge in [-0.15, -0.1) is 0 Å². The number of hydrogen-bond donors (Lipinski definition) is 2. The molecule has 0 bridgehead atoms. The van der Waals surface area contributed by atoms with Crippen LogP contribution in [0.1, 0.15) is 65.1 Å². The summed E-state index contributed by atoms with van der Waals surface area (Å²) in [5, 5.41) is 22.3. The molecule has 1 saturated carbocycles. The molecule has 40 heavy (non-hydrogen) atoms. The van der Waals surface area contributed by atoms with Gasteiger partial charge in [0.15, 0.2) is 0 Å². The van der Waals surface area contributed by atoms with Gasteiger partial charge in [0.25, 0.3) is 5.91 Å². The molecule has 1 aliphatic rings. The van der Waals surface area contributed by atoms with Gasteiger partial charge in [-0.05, 0) is 101 Å². The number of aryl methyl sites for hydroxylation is 1. The van der Waals surface area contributed by atoms with Crippen molar-refractivity contribution in [2.45, 2.75) is 57.5 Å². The van der Waals surface area contributed by atoms with E-state index in [2.05, 4.69) is 17.7 Å². The van der Waals surface area contributed by atoms with Gasteiger partial charge >= 0.3 is 11.9 Å². The fraction of sp³-hybridized carbons (Fsp3) is 0.387. The van der Waals surface area contributed by atoms with Crippen molar-refractivity contribution in [3.63, 3.8) is 0 Å². The van der Waals surface area contributed by atoms with E-state index >= 15 is 0 Å². The molecule has 0 atom stereocenters. The number of rotatable bonds is 13. The molecule has 0 aliphatic heterocycles. The Hall–Kier alpha value is -3.85. The highest BCUT2D eigenvalue weighted by molar-refractivity contribution is 7.08. The zero-order chi connectivity index (χ0) is 28.8. The van der Waals surface area contributed by atoms with Crippen LogP contribution in [0.25, 0.3) is 11.1 Å². The number of aliphatic carboxylic acids is 2. The van der Waals surface area contributed by atoms with Crippen LogP contribution in [0.5, 0.6) is 11.5 Å². The van der Waals surface area contributed by atoms with Gasteiger partial charge in [0.1, 0.15) is 11.5 Å². The highest BCUT2D eigenvalue weighted by atomic mass is 32.1. The Balaban J connectivity index is 1.50. The maximum atomic E-state index is 12.8. The Morgan fingerprint density at radius 3 is 2.42 bits per heavy atom. The Kier molecular flexibility index (Phi) is 9.47. The molecule has 0 unspecified atom stereocenters. The number of nitrogens with zero attached hydrogens (tertiary/aromatic N) is 1. The lowest BCUT2D eigenvalue weighted by molar-refractivity contribution is -0.138. The van der Waals surface area contributed by atoms with E-state index in [0.717, 1.165) is 40.7 Å². The molecule has 1 aliphatic carbocycles. The van der Waals surface area contributed by atoms with Crippen LogP contribution in [0.15, 0.2) is 47.2 Å². The molecular weight excluding hydrogens is 530 g/mol. The molecule has 1 heterocycles. The van der Waals surface area contributed by atoms with Crippen molar-refractivity contribution >= 4 is 29.2 Å². The first-order chi connectivity index (χ1) is 19.1. The minimum Gasteiger partial charge on any atom is -0.493 e.